The summed E-state index contributed by atoms with van der Waals surface area (Å²) in [6, 6.07) is 12.2. The molecule has 3 aromatic rings. The molecule has 1 N–H and O–H groups in total. The van der Waals surface area contributed by atoms with Gasteiger partial charge in [0.1, 0.15) is 23.3 Å². The van der Waals surface area contributed by atoms with Gasteiger partial charge in [-0.05, 0) is 36.8 Å². The average Bonchev–Trinajstić information content (AvgIpc) is 2.87. The van der Waals surface area contributed by atoms with Crippen LogP contribution in [0.25, 0.3) is 11.0 Å². The van der Waals surface area contributed by atoms with Crippen LogP contribution < -0.4 is 0 Å². The van der Waals surface area contributed by atoms with Crippen LogP contribution in [-0.2, 0) is 6.42 Å². The summed E-state index contributed by atoms with van der Waals surface area (Å²) < 4.78 is 19.0. The zero-order valence-corrected chi connectivity index (χ0v) is 12.2. The Balaban J connectivity index is 1.89. The molecule has 4 heteroatoms. The van der Waals surface area contributed by atoms with Gasteiger partial charge in [-0.2, -0.15) is 0 Å². The van der Waals surface area contributed by atoms with Crippen molar-refractivity contribution in [3.63, 3.8) is 0 Å². The second-order valence-corrected chi connectivity index (χ2v) is 5.50. The molecule has 0 bridgehead atoms. The Labute approximate surface area is 126 Å². The van der Waals surface area contributed by atoms with Gasteiger partial charge < -0.3 is 9.52 Å². The fourth-order valence-electron chi connectivity index (χ4n) is 2.36. The molecule has 2 nitrogen and oxygen atoms in total. The topological polar surface area (TPSA) is 33.4 Å². The van der Waals surface area contributed by atoms with Crippen molar-refractivity contribution >= 4 is 22.6 Å². The molecule has 108 valence electrons. The van der Waals surface area contributed by atoms with Gasteiger partial charge in [0.25, 0.3) is 0 Å². The summed E-state index contributed by atoms with van der Waals surface area (Å²) in [5.41, 5.74) is 2.40. The minimum absolute atomic E-state index is 0.0449. The number of halogens is 2. The van der Waals surface area contributed by atoms with Crippen LogP contribution in [0.5, 0.6) is 0 Å². The molecule has 0 aliphatic carbocycles. The van der Waals surface area contributed by atoms with Gasteiger partial charge in [-0.1, -0.05) is 35.4 Å². The van der Waals surface area contributed by atoms with Gasteiger partial charge in [-0.25, -0.2) is 4.39 Å². The summed E-state index contributed by atoms with van der Waals surface area (Å²) in [6.07, 6.45) is -0.660. The van der Waals surface area contributed by atoms with E-state index >= 15 is 0 Å². The van der Waals surface area contributed by atoms with E-state index in [4.69, 9.17) is 16.0 Å². The molecule has 1 unspecified atom stereocenters. The predicted molar refractivity (Wildman–Crippen MR) is 81.0 cm³/mol. The van der Waals surface area contributed by atoms with E-state index in [1.807, 2.05) is 25.1 Å². The van der Waals surface area contributed by atoms with Gasteiger partial charge in [0.2, 0.25) is 0 Å². The first-order valence-electron chi connectivity index (χ1n) is 6.65. The second kappa shape index (κ2) is 5.51. The van der Waals surface area contributed by atoms with Crippen molar-refractivity contribution in [3.05, 3.63) is 70.2 Å². The first-order valence-corrected chi connectivity index (χ1v) is 7.03. The van der Waals surface area contributed by atoms with Crippen molar-refractivity contribution in [2.24, 2.45) is 0 Å². The van der Waals surface area contributed by atoms with E-state index in [1.54, 1.807) is 18.2 Å². The maximum atomic E-state index is 13.4. The number of hydrogen-bond donors (Lipinski definition) is 1. The molecule has 0 aliphatic rings. The second-order valence-electron chi connectivity index (χ2n) is 5.12. The average molecular weight is 305 g/mol. The van der Waals surface area contributed by atoms with Crippen LogP contribution in [0.2, 0.25) is 5.02 Å². The van der Waals surface area contributed by atoms with E-state index < -0.39 is 11.9 Å². The van der Waals surface area contributed by atoms with Gasteiger partial charge in [0, 0.05) is 11.8 Å². The fourth-order valence-corrected chi connectivity index (χ4v) is 2.57. The zero-order valence-electron chi connectivity index (χ0n) is 11.4. The van der Waals surface area contributed by atoms with Crippen LogP contribution >= 0.6 is 11.6 Å². The molecule has 3 rings (SSSR count). The molecule has 1 heterocycles. The summed E-state index contributed by atoms with van der Waals surface area (Å²) in [7, 11) is 0. The number of aliphatic hydroxyl groups is 1. The molecule has 0 saturated carbocycles. The predicted octanol–water partition coefficient (Wildman–Crippen LogP) is 4.81. The van der Waals surface area contributed by atoms with Gasteiger partial charge in [-0.15, -0.1) is 0 Å². The summed E-state index contributed by atoms with van der Waals surface area (Å²) in [4.78, 5) is 0. The highest BCUT2D eigenvalue weighted by molar-refractivity contribution is 6.31. The van der Waals surface area contributed by atoms with E-state index in [1.165, 1.54) is 6.07 Å². The molecule has 0 amide bonds. The number of hydrogen-bond acceptors (Lipinski definition) is 2. The van der Waals surface area contributed by atoms with Gasteiger partial charge in [-0.3, -0.25) is 0 Å². The first kappa shape index (κ1) is 14.1. The quantitative estimate of drug-likeness (QED) is 0.753. The van der Waals surface area contributed by atoms with Crippen molar-refractivity contribution < 1.29 is 13.9 Å². The standard InChI is InChI=1S/C17H14ClFO2/c1-10-5-6-15-12(7-10)9-16(21-15)14(20)8-11-3-2-4-13(19)17(11)18/h2-7,9,14,20H,8H2,1H3. The minimum atomic E-state index is -0.864. The molecule has 0 spiro atoms. The Kier molecular flexibility index (Phi) is 3.70. The van der Waals surface area contributed by atoms with Gasteiger partial charge >= 0.3 is 0 Å². The van der Waals surface area contributed by atoms with Crippen LogP contribution in [0.3, 0.4) is 0 Å². The van der Waals surface area contributed by atoms with Crippen LogP contribution in [0, 0.1) is 12.7 Å². The molecule has 0 fully saturated rings. The third kappa shape index (κ3) is 2.80. The normalized spacial score (nSPS) is 12.8. The van der Waals surface area contributed by atoms with Crippen molar-refractivity contribution in [1.82, 2.24) is 0 Å². The number of rotatable bonds is 3. The summed E-state index contributed by atoms with van der Waals surface area (Å²) in [5.74, 6) is -0.0301. The number of benzene rings is 2. The Morgan fingerprint density at radius 2 is 2.05 bits per heavy atom. The molecule has 1 aromatic heterocycles. The molecule has 1 atom stereocenters. The Morgan fingerprint density at radius 3 is 2.86 bits per heavy atom. The van der Waals surface area contributed by atoms with Crippen molar-refractivity contribution in [1.29, 1.82) is 0 Å². The van der Waals surface area contributed by atoms with Crippen LogP contribution in [-0.4, -0.2) is 5.11 Å². The lowest BCUT2D eigenvalue weighted by molar-refractivity contribution is 0.152. The highest BCUT2D eigenvalue weighted by atomic mass is 35.5. The number of aliphatic hydroxyl groups excluding tert-OH is 1. The molecule has 0 saturated heterocycles. The minimum Gasteiger partial charge on any atom is -0.458 e. The number of fused-ring (bicyclic) bond motifs is 1. The Bertz CT molecular complexity index is 795. The number of aryl methyl sites for hydroxylation is 1. The maximum absolute atomic E-state index is 13.4. The molecule has 2 aromatic carbocycles. The Morgan fingerprint density at radius 1 is 1.24 bits per heavy atom. The van der Waals surface area contributed by atoms with E-state index in [-0.39, 0.29) is 11.4 Å². The highest BCUT2D eigenvalue weighted by Crippen LogP contribution is 2.29. The maximum Gasteiger partial charge on any atom is 0.142 e. The van der Waals surface area contributed by atoms with Crippen LogP contribution in [0.15, 0.2) is 46.9 Å². The molecule has 0 aliphatic heterocycles. The largest absolute Gasteiger partial charge is 0.458 e. The van der Waals surface area contributed by atoms with Gasteiger partial charge in [0.05, 0.1) is 5.02 Å². The van der Waals surface area contributed by atoms with Crippen molar-refractivity contribution in [2.45, 2.75) is 19.4 Å². The summed E-state index contributed by atoms with van der Waals surface area (Å²) in [6.45, 7) is 2.00. The monoisotopic (exact) mass is 304 g/mol. The van der Waals surface area contributed by atoms with E-state index in [9.17, 15) is 9.50 Å². The molecular weight excluding hydrogens is 291 g/mol. The van der Waals surface area contributed by atoms with Crippen molar-refractivity contribution in [3.8, 4) is 0 Å². The van der Waals surface area contributed by atoms with E-state index in [2.05, 4.69) is 0 Å². The molecule has 21 heavy (non-hydrogen) atoms. The smallest absolute Gasteiger partial charge is 0.142 e. The lowest BCUT2D eigenvalue weighted by Gasteiger charge is -2.09. The molecular formula is C17H14ClFO2. The zero-order chi connectivity index (χ0) is 15.0. The SMILES string of the molecule is Cc1ccc2oc(C(O)Cc3cccc(F)c3Cl)cc2c1. The summed E-state index contributed by atoms with van der Waals surface area (Å²) in [5, 5.41) is 11.3. The van der Waals surface area contributed by atoms with E-state index in [0.717, 1.165) is 16.5 Å². The fraction of sp³-hybridized carbons (Fsp3) is 0.176. The highest BCUT2D eigenvalue weighted by Gasteiger charge is 2.16. The van der Waals surface area contributed by atoms with E-state index in [0.29, 0.717) is 11.3 Å². The third-order valence-electron chi connectivity index (χ3n) is 3.46. The third-order valence-corrected chi connectivity index (χ3v) is 3.89. The summed E-state index contributed by atoms with van der Waals surface area (Å²) >= 11 is 5.91. The number of furan rings is 1. The first-order chi connectivity index (χ1) is 10.0. The lowest BCUT2D eigenvalue weighted by atomic mass is 10.1. The van der Waals surface area contributed by atoms with Crippen LogP contribution in [0.1, 0.15) is 23.0 Å². The van der Waals surface area contributed by atoms with Gasteiger partial charge in [0.15, 0.2) is 0 Å². The Hall–Kier alpha value is -1.84. The lowest BCUT2D eigenvalue weighted by Crippen LogP contribution is -2.01. The van der Waals surface area contributed by atoms with Crippen LogP contribution in [0.4, 0.5) is 4.39 Å². The van der Waals surface area contributed by atoms with Crippen molar-refractivity contribution in [2.75, 3.05) is 0 Å². The molecule has 0 radical (unpaired) electrons.